The molecule has 174 valence electrons. The maximum absolute atomic E-state index is 13.4. The molecule has 1 aromatic heterocycles. The van der Waals surface area contributed by atoms with E-state index in [1.54, 1.807) is 42.5 Å². The van der Waals surface area contributed by atoms with Crippen LogP contribution in [0.1, 0.15) is 0 Å². The van der Waals surface area contributed by atoms with Gasteiger partial charge in [-0.25, -0.2) is 9.37 Å². The molecule has 0 fully saturated rings. The van der Waals surface area contributed by atoms with Gasteiger partial charge in [-0.1, -0.05) is 35.5 Å². The third kappa shape index (κ3) is 4.85. The van der Waals surface area contributed by atoms with Crippen molar-refractivity contribution in [1.82, 2.24) is 9.55 Å². The predicted molar refractivity (Wildman–Crippen MR) is 131 cm³/mol. The van der Waals surface area contributed by atoms with E-state index in [1.807, 2.05) is 0 Å². The molecule has 1 heterocycles. The maximum Gasteiger partial charge on any atom is 0.266 e. The Labute approximate surface area is 203 Å². The van der Waals surface area contributed by atoms with Crippen molar-refractivity contribution in [2.24, 2.45) is 0 Å². The minimum absolute atomic E-state index is 0.0485. The Kier molecular flexibility index (Phi) is 7.04. The summed E-state index contributed by atoms with van der Waals surface area (Å²) in [4.78, 5) is 30.6. The molecule has 0 unspecified atom stereocenters. The molecule has 4 rings (SSSR count). The van der Waals surface area contributed by atoms with Crippen LogP contribution in [0.15, 0.2) is 70.6 Å². The summed E-state index contributed by atoms with van der Waals surface area (Å²) in [6.07, 6.45) is 0. The van der Waals surface area contributed by atoms with Crippen molar-refractivity contribution in [3.05, 3.63) is 81.9 Å². The topological polar surface area (TPSA) is 82.5 Å². The van der Waals surface area contributed by atoms with E-state index >= 15 is 0 Å². The lowest BCUT2D eigenvalue weighted by molar-refractivity contribution is -0.113. The van der Waals surface area contributed by atoms with Crippen molar-refractivity contribution < 1.29 is 18.7 Å². The van der Waals surface area contributed by atoms with Crippen LogP contribution in [0.5, 0.6) is 11.5 Å². The van der Waals surface area contributed by atoms with Crippen molar-refractivity contribution >= 4 is 45.9 Å². The molecule has 0 atom stereocenters. The molecular formula is C24H19ClFN3O4S. The minimum Gasteiger partial charge on any atom is -0.493 e. The number of nitrogens with one attached hydrogen (secondary N) is 1. The third-order valence-corrected chi connectivity index (χ3v) is 6.13. The van der Waals surface area contributed by atoms with Gasteiger partial charge in [0.05, 0.1) is 41.6 Å². The number of benzene rings is 3. The number of rotatable bonds is 7. The molecule has 0 saturated carbocycles. The van der Waals surface area contributed by atoms with Gasteiger partial charge in [-0.3, -0.25) is 14.2 Å². The zero-order valence-corrected chi connectivity index (χ0v) is 19.7. The quantitative estimate of drug-likeness (QED) is 0.287. The number of anilines is 1. The molecule has 0 radical (unpaired) electrons. The normalized spacial score (nSPS) is 10.8. The van der Waals surface area contributed by atoms with Gasteiger partial charge in [-0.15, -0.1) is 0 Å². The van der Waals surface area contributed by atoms with Crippen LogP contribution < -0.4 is 20.3 Å². The van der Waals surface area contributed by atoms with Crippen LogP contribution in [-0.2, 0) is 4.79 Å². The van der Waals surface area contributed by atoms with Crippen molar-refractivity contribution in [2.75, 3.05) is 25.3 Å². The first-order valence-electron chi connectivity index (χ1n) is 10.0. The van der Waals surface area contributed by atoms with Crippen LogP contribution in [0, 0.1) is 5.82 Å². The van der Waals surface area contributed by atoms with Crippen LogP contribution in [0.3, 0.4) is 0 Å². The summed E-state index contributed by atoms with van der Waals surface area (Å²) in [6.45, 7) is 0. The van der Waals surface area contributed by atoms with Gasteiger partial charge in [-0.05, 0) is 42.5 Å². The summed E-state index contributed by atoms with van der Waals surface area (Å²) in [6, 6.07) is 16.0. The van der Waals surface area contributed by atoms with Crippen LogP contribution >= 0.6 is 23.4 Å². The Morgan fingerprint density at radius 3 is 2.59 bits per heavy atom. The van der Waals surface area contributed by atoms with E-state index in [0.717, 1.165) is 11.8 Å². The minimum atomic E-state index is -0.576. The second-order valence-electron chi connectivity index (χ2n) is 7.06. The van der Waals surface area contributed by atoms with Crippen molar-refractivity contribution in [2.45, 2.75) is 5.16 Å². The lowest BCUT2D eigenvalue weighted by Crippen LogP contribution is -2.23. The fourth-order valence-electron chi connectivity index (χ4n) is 3.30. The first-order valence-corrected chi connectivity index (χ1v) is 11.4. The summed E-state index contributed by atoms with van der Waals surface area (Å²) >= 11 is 6.87. The van der Waals surface area contributed by atoms with Crippen molar-refractivity contribution in [1.29, 1.82) is 0 Å². The highest BCUT2D eigenvalue weighted by Crippen LogP contribution is 2.30. The highest BCUT2D eigenvalue weighted by atomic mass is 35.5. The van der Waals surface area contributed by atoms with E-state index in [2.05, 4.69) is 10.3 Å². The van der Waals surface area contributed by atoms with E-state index in [-0.39, 0.29) is 22.2 Å². The van der Waals surface area contributed by atoms with E-state index < -0.39 is 5.82 Å². The van der Waals surface area contributed by atoms with Gasteiger partial charge < -0.3 is 14.8 Å². The number of thioether (sulfide) groups is 1. The molecule has 0 aliphatic carbocycles. The second kappa shape index (κ2) is 10.1. The Morgan fingerprint density at radius 2 is 1.85 bits per heavy atom. The summed E-state index contributed by atoms with van der Waals surface area (Å²) in [5, 5.41) is 3.33. The van der Waals surface area contributed by atoms with Gasteiger partial charge in [0.2, 0.25) is 5.91 Å². The van der Waals surface area contributed by atoms with Gasteiger partial charge in [0.1, 0.15) is 5.82 Å². The largest absolute Gasteiger partial charge is 0.493 e. The Hall–Kier alpha value is -3.56. The summed E-state index contributed by atoms with van der Waals surface area (Å²) in [7, 11) is 3.03. The fourth-order valence-corrected chi connectivity index (χ4v) is 4.30. The van der Waals surface area contributed by atoms with E-state index in [4.69, 9.17) is 21.1 Å². The SMILES string of the molecule is COc1ccc(-n2c(SCC(=O)Nc3ccc(F)c(Cl)c3)nc3ccccc3c2=O)cc1OC. The number of fused-ring (bicyclic) bond motifs is 1. The van der Waals surface area contributed by atoms with Crippen LogP contribution in [-0.4, -0.2) is 35.4 Å². The highest BCUT2D eigenvalue weighted by molar-refractivity contribution is 7.99. The molecule has 0 bridgehead atoms. The van der Waals surface area contributed by atoms with Gasteiger partial charge in [0.15, 0.2) is 16.7 Å². The van der Waals surface area contributed by atoms with Crippen LogP contribution in [0.2, 0.25) is 5.02 Å². The molecule has 0 saturated heterocycles. The van der Waals surface area contributed by atoms with Gasteiger partial charge in [0.25, 0.3) is 5.56 Å². The number of halogens is 2. The van der Waals surface area contributed by atoms with Gasteiger partial charge >= 0.3 is 0 Å². The number of carbonyl (C=O) groups is 1. The number of hydrogen-bond acceptors (Lipinski definition) is 6. The Balaban J connectivity index is 1.69. The summed E-state index contributed by atoms with van der Waals surface area (Å²) in [5.41, 5.74) is 1.10. The molecule has 7 nitrogen and oxygen atoms in total. The standard InChI is InChI=1S/C24H19ClFN3O4S/c1-32-20-10-8-15(12-21(20)33-2)29-23(31)16-5-3-4-6-19(16)28-24(29)34-13-22(30)27-14-7-9-18(26)17(25)11-14/h3-12H,13H2,1-2H3,(H,27,30). The molecule has 0 aliphatic heterocycles. The smallest absolute Gasteiger partial charge is 0.266 e. The number of ether oxygens (including phenoxy) is 2. The molecular weight excluding hydrogens is 481 g/mol. The number of hydrogen-bond donors (Lipinski definition) is 1. The number of methoxy groups -OCH3 is 2. The van der Waals surface area contributed by atoms with Crippen molar-refractivity contribution in [3.63, 3.8) is 0 Å². The van der Waals surface area contributed by atoms with Gasteiger partial charge in [-0.2, -0.15) is 0 Å². The highest BCUT2D eigenvalue weighted by Gasteiger charge is 2.17. The number of aromatic nitrogens is 2. The number of carbonyl (C=O) groups excluding carboxylic acids is 1. The van der Waals surface area contributed by atoms with Crippen LogP contribution in [0.25, 0.3) is 16.6 Å². The number of nitrogens with zero attached hydrogens (tertiary/aromatic N) is 2. The van der Waals surface area contributed by atoms with Crippen molar-refractivity contribution in [3.8, 4) is 17.2 Å². The molecule has 4 aromatic rings. The van der Waals surface area contributed by atoms with E-state index in [0.29, 0.717) is 38.9 Å². The lowest BCUT2D eigenvalue weighted by atomic mass is 10.2. The number of amides is 1. The summed E-state index contributed by atoms with van der Waals surface area (Å²) < 4.78 is 25.5. The Bertz CT molecular complexity index is 1440. The maximum atomic E-state index is 13.4. The van der Waals surface area contributed by atoms with Crippen LogP contribution in [0.4, 0.5) is 10.1 Å². The zero-order chi connectivity index (χ0) is 24.2. The molecule has 34 heavy (non-hydrogen) atoms. The second-order valence-corrected chi connectivity index (χ2v) is 8.41. The monoisotopic (exact) mass is 499 g/mol. The fraction of sp³-hybridized carbons (Fsp3) is 0.125. The zero-order valence-electron chi connectivity index (χ0n) is 18.2. The molecule has 10 heteroatoms. The first kappa shape index (κ1) is 23.6. The average molecular weight is 500 g/mol. The van der Waals surface area contributed by atoms with Gasteiger partial charge in [0, 0.05) is 11.8 Å². The van der Waals surface area contributed by atoms with E-state index in [9.17, 15) is 14.0 Å². The third-order valence-electron chi connectivity index (χ3n) is 4.91. The predicted octanol–water partition coefficient (Wildman–Crippen LogP) is 4.93. The molecule has 1 N–H and O–H groups in total. The molecule has 1 amide bonds. The molecule has 3 aromatic carbocycles. The first-order chi connectivity index (χ1) is 16.4. The molecule has 0 spiro atoms. The average Bonchev–Trinajstić information content (AvgIpc) is 2.84. The Morgan fingerprint density at radius 1 is 1.09 bits per heavy atom. The molecule has 0 aliphatic rings. The summed E-state index contributed by atoms with van der Waals surface area (Å²) in [5.74, 6) is -0.0311. The number of para-hydroxylation sites is 1. The lowest BCUT2D eigenvalue weighted by Gasteiger charge is -2.15. The van der Waals surface area contributed by atoms with E-state index in [1.165, 1.54) is 37.0 Å².